The minimum atomic E-state index is -2.98. The number of ether oxygens (including phenoxy) is 2. The van der Waals surface area contributed by atoms with Gasteiger partial charge in [0.25, 0.3) is 0 Å². The summed E-state index contributed by atoms with van der Waals surface area (Å²) in [5, 5.41) is 5.08. The molecule has 2 atom stereocenters. The van der Waals surface area contributed by atoms with Crippen molar-refractivity contribution in [3.05, 3.63) is 106 Å². The number of hydrogen-bond acceptors (Lipinski definition) is 2. The molecule has 4 rings (SSSR count). The van der Waals surface area contributed by atoms with Gasteiger partial charge in [-0.2, -0.15) is 0 Å². The van der Waals surface area contributed by atoms with Crippen LogP contribution >= 0.6 is 31.9 Å². The van der Waals surface area contributed by atoms with Gasteiger partial charge in [0.2, 0.25) is 0 Å². The van der Waals surface area contributed by atoms with Crippen molar-refractivity contribution in [2.75, 3.05) is 13.2 Å². The van der Waals surface area contributed by atoms with Gasteiger partial charge in [-0.05, 0) is 81.8 Å². The molecule has 240 valence electrons. The van der Waals surface area contributed by atoms with Gasteiger partial charge in [-0.3, -0.25) is 0 Å². The van der Waals surface area contributed by atoms with Gasteiger partial charge in [0.05, 0.1) is 13.2 Å². The first kappa shape index (κ1) is 35.5. The predicted molar refractivity (Wildman–Crippen MR) is 203 cm³/mol. The average Bonchev–Trinajstić information content (AvgIpc) is 3.07. The van der Waals surface area contributed by atoms with Gasteiger partial charge >= 0.3 is 0 Å². The van der Waals surface area contributed by atoms with Crippen LogP contribution in [0.2, 0.25) is 0 Å². The van der Waals surface area contributed by atoms with Gasteiger partial charge in [0, 0.05) is 8.95 Å². The first-order valence-corrected chi connectivity index (χ1v) is 20.5. The standard InChI is InChI=1S/C40H50Br2O2Si/c1-5-9-17-31(7-3)29-43-37-25-23-33(41)27-39(37)45(35-19-13-11-14-20-35,36-21-15-12-16-22-36)40-28-34(42)24-26-38(40)44-30-32(8-4)18-10-6-2/h11-16,19-28,31-32H,5-10,17-18,29-30H2,1-4H3. The van der Waals surface area contributed by atoms with Gasteiger partial charge in [0.15, 0.2) is 8.07 Å². The molecule has 5 heteroatoms. The van der Waals surface area contributed by atoms with Crippen molar-refractivity contribution in [2.45, 2.75) is 79.1 Å². The molecule has 2 nitrogen and oxygen atoms in total. The molecular weight excluding hydrogens is 700 g/mol. The molecule has 0 aliphatic carbocycles. The summed E-state index contributed by atoms with van der Waals surface area (Å²) in [5.74, 6) is 3.00. The molecule has 0 saturated carbocycles. The summed E-state index contributed by atoms with van der Waals surface area (Å²) in [4.78, 5) is 0. The zero-order valence-corrected chi connectivity index (χ0v) is 31.7. The van der Waals surface area contributed by atoms with E-state index in [1.54, 1.807) is 0 Å². The second-order valence-corrected chi connectivity index (χ2v) is 17.8. The lowest BCUT2D eigenvalue weighted by atomic mass is 10.0. The van der Waals surface area contributed by atoms with E-state index in [0.717, 1.165) is 46.5 Å². The van der Waals surface area contributed by atoms with E-state index in [0.29, 0.717) is 11.8 Å². The molecular formula is C40H50Br2O2Si. The molecule has 0 aliphatic rings. The van der Waals surface area contributed by atoms with E-state index in [2.05, 4.69) is 157 Å². The van der Waals surface area contributed by atoms with Crippen molar-refractivity contribution < 1.29 is 9.47 Å². The van der Waals surface area contributed by atoms with Crippen LogP contribution < -0.4 is 30.2 Å². The Morgan fingerprint density at radius 3 is 1.31 bits per heavy atom. The molecule has 2 unspecified atom stereocenters. The first-order valence-electron chi connectivity index (χ1n) is 16.9. The largest absolute Gasteiger partial charge is 0.493 e. The number of halogens is 2. The summed E-state index contributed by atoms with van der Waals surface area (Å²) in [5.41, 5.74) is 0. The fourth-order valence-electron chi connectivity index (χ4n) is 6.36. The van der Waals surface area contributed by atoms with Crippen LogP contribution in [-0.2, 0) is 0 Å². The molecule has 0 heterocycles. The molecule has 0 spiro atoms. The van der Waals surface area contributed by atoms with E-state index in [1.807, 2.05) is 0 Å². The van der Waals surface area contributed by atoms with E-state index < -0.39 is 8.07 Å². The molecule has 4 aromatic carbocycles. The summed E-state index contributed by atoms with van der Waals surface area (Å²) >= 11 is 7.75. The molecule has 0 aromatic heterocycles. The van der Waals surface area contributed by atoms with Crippen LogP contribution in [0.3, 0.4) is 0 Å². The Morgan fingerprint density at radius 1 is 0.556 bits per heavy atom. The number of rotatable bonds is 18. The maximum atomic E-state index is 6.90. The lowest BCUT2D eigenvalue weighted by Gasteiger charge is -2.37. The van der Waals surface area contributed by atoms with Crippen LogP contribution in [0.1, 0.15) is 79.1 Å². The van der Waals surface area contributed by atoms with Gasteiger partial charge in [0.1, 0.15) is 11.5 Å². The second kappa shape index (κ2) is 18.1. The smallest absolute Gasteiger partial charge is 0.188 e. The summed E-state index contributed by atoms with van der Waals surface area (Å²) < 4.78 is 15.9. The maximum absolute atomic E-state index is 6.90. The molecule has 0 aliphatic heterocycles. The highest BCUT2D eigenvalue weighted by Gasteiger charge is 2.46. The van der Waals surface area contributed by atoms with Crippen molar-refractivity contribution in [1.29, 1.82) is 0 Å². The van der Waals surface area contributed by atoms with Gasteiger partial charge < -0.3 is 9.47 Å². The number of benzene rings is 4. The van der Waals surface area contributed by atoms with Crippen LogP contribution in [0.5, 0.6) is 11.5 Å². The molecule has 0 saturated heterocycles. The van der Waals surface area contributed by atoms with Crippen LogP contribution in [0.4, 0.5) is 0 Å². The summed E-state index contributed by atoms with van der Waals surface area (Å²) in [7, 11) is -2.98. The molecule has 0 fully saturated rings. The molecule has 0 bridgehead atoms. The highest BCUT2D eigenvalue weighted by Crippen LogP contribution is 2.27. The Labute approximate surface area is 290 Å². The van der Waals surface area contributed by atoms with Crippen molar-refractivity contribution in [2.24, 2.45) is 11.8 Å². The normalized spacial score (nSPS) is 12.9. The fourth-order valence-corrected chi connectivity index (χ4v) is 12.6. The number of hydrogen-bond donors (Lipinski definition) is 0. The van der Waals surface area contributed by atoms with Crippen LogP contribution in [0, 0.1) is 11.8 Å². The molecule has 0 radical (unpaired) electrons. The average molecular weight is 751 g/mol. The third-order valence-corrected chi connectivity index (χ3v) is 14.9. The van der Waals surface area contributed by atoms with E-state index in [9.17, 15) is 0 Å². The molecule has 0 N–H and O–H groups in total. The van der Waals surface area contributed by atoms with Crippen LogP contribution in [0.15, 0.2) is 106 Å². The van der Waals surface area contributed by atoms with Crippen LogP contribution in [0.25, 0.3) is 0 Å². The SMILES string of the molecule is CCCCC(CC)COc1ccc(Br)cc1[Si](c1ccccc1)(c1ccccc1)c1cc(Br)ccc1OCC(CC)CCCC. The summed E-state index contributed by atoms with van der Waals surface area (Å²) in [6.45, 7) is 10.5. The lowest BCUT2D eigenvalue weighted by Crippen LogP contribution is -2.75. The molecule has 0 amide bonds. The van der Waals surface area contributed by atoms with Gasteiger partial charge in [-0.15, -0.1) is 0 Å². The Balaban J connectivity index is 1.99. The maximum Gasteiger partial charge on any atom is 0.188 e. The second-order valence-electron chi connectivity index (χ2n) is 12.2. The topological polar surface area (TPSA) is 18.5 Å². The minimum Gasteiger partial charge on any atom is -0.493 e. The number of unbranched alkanes of at least 4 members (excludes halogenated alkanes) is 2. The highest BCUT2D eigenvalue weighted by molar-refractivity contribution is 9.10. The monoisotopic (exact) mass is 748 g/mol. The van der Waals surface area contributed by atoms with Crippen LogP contribution in [-0.4, -0.2) is 21.3 Å². The fraction of sp³-hybridized carbons (Fsp3) is 0.400. The third-order valence-electron chi connectivity index (χ3n) is 9.14. The van der Waals surface area contributed by atoms with Crippen molar-refractivity contribution in [3.63, 3.8) is 0 Å². The Bertz CT molecular complexity index is 1330. The molecule has 4 aromatic rings. The van der Waals surface area contributed by atoms with Crippen molar-refractivity contribution >= 4 is 60.7 Å². The lowest BCUT2D eigenvalue weighted by molar-refractivity contribution is 0.234. The summed E-state index contributed by atoms with van der Waals surface area (Å²) in [6, 6.07) is 35.4. The Kier molecular flexibility index (Phi) is 14.3. The van der Waals surface area contributed by atoms with Crippen molar-refractivity contribution in [1.82, 2.24) is 0 Å². The van der Waals surface area contributed by atoms with E-state index in [-0.39, 0.29) is 0 Å². The predicted octanol–water partition coefficient (Wildman–Crippen LogP) is 9.78. The quantitative estimate of drug-likeness (QED) is 0.0745. The van der Waals surface area contributed by atoms with Gasteiger partial charge in [-0.25, -0.2) is 0 Å². The minimum absolute atomic E-state index is 0.532. The van der Waals surface area contributed by atoms with E-state index >= 15 is 0 Å². The summed E-state index contributed by atoms with van der Waals surface area (Å²) in [6.07, 6.45) is 9.51. The zero-order valence-electron chi connectivity index (χ0n) is 27.5. The van der Waals surface area contributed by atoms with E-state index in [1.165, 1.54) is 59.3 Å². The van der Waals surface area contributed by atoms with Gasteiger partial charge in [-0.1, -0.05) is 159 Å². The van der Waals surface area contributed by atoms with E-state index in [4.69, 9.17) is 9.47 Å². The highest BCUT2D eigenvalue weighted by atomic mass is 79.9. The van der Waals surface area contributed by atoms with Crippen molar-refractivity contribution in [3.8, 4) is 11.5 Å². The molecule has 45 heavy (non-hydrogen) atoms. The first-order chi connectivity index (χ1) is 22.0. The third kappa shape index (κ3) is 8.93. The Hall–Kier alpha value is -2.34. The zero-order chi connectivity index (χ0) is 32.1. The Morgan fingerprint density at radius 2 is 0.956 bits per heavy atom.